The fraction of sp³-hybridized carbons (Fsp3) is 0.400. The molecule has 0 aromatic heterocycles. The zero-order valence-electron chi connectivity index (χ0n) is 15.0. The third-order valence-electron chi connectivity index (χ3n) is 4.14. The Morgan fingerprint density at radius 3 is 1.17 bits per heavy atom. The summed E-state index contributed by atoms with van der Waals surface area (Å²) in [4.78, 5) is 0. The molecule has 2 aromatic rings. The van der Waals surface area contributed by atoms with Gasteiger partial charge in [-0.15, -0.1) is 0 Å². The van der Waals surface area contributed by atoms with Gasteiger partial charge in [0.25, 0.3) is 0 Å². The van der Waals surface area contributed by atoms with E-state index >= 15 is 0 Å². The van der Waals surface area contributed by atoms with Crippen LogP contribution >= 0.6 is 0 Å². The third kappa shape index (κ3) is 6.42. The second-order valence-corrected chi connectivity index (χ2v) is 5.87. The van der Waals surface area contributed by atoms with Crippen molar-refractivity contribution in [2.45, 2.75) is 38.1 Å². The van der Waals surface area contributed by atoms with Gasteiger partial charge in [0.1, 0.15) is 0 Å². The SMILES string of the molecule is CN[C@@H](C)[C@@H](O)c1ccccc1.CN[C@@H](C)[C@H](O)c1ccccc1. The maximum atomic E-state index is 9.73. The molecule has 0 aliphatic rings. The van der Waals surface area contributed by atoms with Crippen LogP contribution in [0, 0.1) is 0 Å². The van der Waals surface area contributed by atoms with Crippen molar-refractivity contribution in [3.05, 3.63) is 71.8 Å². The average molecular weight is 330 g/mol. The van der Waals surface area contributed by atoms with E-state index in [1.165, 1.54) is 0 Å². The fourth-order valence-corrected chi connectivity index (χ4v) is 2.19. The van der Waals surface area contributed by atoms with Crippen LogP contribution in [0.5, 0.6) is 0 Å². The maximum Gasteiger partial charge on any atom is 0.0940 e. The lowest BCUT2D eigenvalue weighted by atomic mass is 10.0. The van der Waals surface area contributed by atoms with Gasteiger partial charge in [0, 0.05) is 12.1 Å². The summed E-state index contributed by atoms with van der Waals surface area (Å²) in [5.41, 5.74) is 1.92. The molecule has 4 heteroatoms. The van der Waals surface area contributed by atoms with E-state index in [1.54, 1.807) is 0 Å². The van der Waals surface area contributed by atoms with E-state index in [4.69, 9.17) is 0 Å². The van der Waals surface area contributed by atoms with Gasteiger partial charge in [0.2, 0.25) is 0 Å². The molecule has 24 heavy (non-hydrogen) atoms. The molecule has 0 saturated carbocycles. The smallest absolute Gasteiger partial charge is 0.0940 e. The van der Waals surface area contributed by atoms with Crippen molar-refractivity contribution in [3.8, 4) is 0 Å². The number of nitrogens with one attached hydrogen (secondary N) is 2. The second kappa shape index (κ2) is 10.9. The van der Waals surface area contributed by atoms with Gasteiger partial charge in [0.05, 0.1) is 12.2 Å². The summed E-state index contributed by atoms with van der Waals surface area (Å²) in [7, 11) is 3.69. The average Bonchev–Trinajstić information content (AvgIpc) is 2.67. The van der Waals surface area contributed by atoms with Gasteiger partial charge >= 0.3 is 0 Å². The van der Waals surface area contributed by atoms with Crippen molar-refractivity contribution in [1.82, 2.24) is 10.6 Å². The standard InChI is InChI=1S/2C10H15NO/c2*1-8(11-2)10(12)9-6-4-3-5-7-9/h2*3-8,10-12H,1-2H3/t8-,10+;8-,10-/m00/s1. The van der Waals surface area contributed by atoms with Crippen LogP contribution in [0.3, 0.4) is 0 Å². The number of aliphatic hydroxyl groups excluding tert-OH is 2. The van der Waals surface area contributed by atoms with Crippen LogP contribution in [-0.2, 0) is 0 Å². The Morgan fingerprint density at radius 2 is 0.917 bits per heavy atom. The summed E-state index contributed by atoms with van der Waals surface area (Å²) in [6.07, 6.45) is -0.840. The summed E-state index contributed by atoms with van der Waals surface area (Å²) in [6.45, 7) is 3.91. The highest BCUT2D eigenvalue weighted by atomic mass is 16.3. The first-order valence-corrected chi connectivity index (χ1v) is 8.31. The van der Waals surface area contributed by atoms with E-state index in [1.807, 2.05) is 88.6 Å². The largest absolute Gasteiger partial charge is 0.387 e. The van der Waals surface area contributed by atoms with Crippen molar-refractivity contribution in [2.24, 2.45) is 0 Å². The van der Waals surface area contributed by atoms with Crippen LogP contribution in [0.4, 0.5) is 0 Å². The van der Waals surface area contributed by atoms with Crippen LogP contribution < -0.4 is 10.6 Å². The van der Waals surface area contributed by atoms with Crippen molar-refractivity contribution in [2.75, 3.05) is 14.1 Å². The van der Waals surface area contributed by atoms with Gasteiger partial charge in [0.15, 0.2) is 0 Å². The van der Waals surface area contributed by atoms with Gasteiger partial charge in [-0.25, -0.2) is 0 Å². The van der Waals surface area contributed by atoms with Gasteiger partial charge in [-0.3, -0.25) is 0 Å². The summed E-state index contributed by atoms with van der Waals surface area (Å²) >= 11 is 0. The predicted octanol–water partition coefficient (Wildman–Crippen LogP) is 2.66. The van der Waals surface area contributed by atoms with E-state index in [0.717, 1.165) is 11.1 Å². The lowest BCUT2D eigenvalue weighted by Gasteiger charge is -2.17. The predicted molar refractivity (Wildman–Crippen MR) is 99.8 cm³/mol. The third-order valence-corrected chi connectivity index (χ3v) is 4.14. The van der Waals surface area contributed by atoms with Crippen LogP contribution in [0.2, 0.25) is 0 Å². The fourth-order valence-electron chi connectivity index (χ4n) is 2.19. The summed E-state index contributed by atoms with van der Waals surface area (Å²) < 4.78 is 0. The minimum atomic E-state index is -0.420. The molecule has 0 aliphatic carbocycles. The first-order chi connectivity index (χ1) is 11.5. The Labute approximate surface area is 145 Å². The zero-order chi connectivity index (χ0) is 17.9. The molecule has 132 valence electrons. The Morgan fingerprint density at radius 1 is 0.625 bits per heavy atom. The number of hydrogen-bond acceptors (Lipinski definition) is 4. The normalized spacial score (nSPS) is 15.6. The van der Waals surface area contributed by atoms with Gasteiger partial charge in [-0.2, -0.15) is 0 Å². The number of likely N-dealkylation sites (N-methyl/N-ethyl adjacent to an activating group) is 2. The molecule has 0 fully saturated rings. The topological polar surface area (TPSA) is 64.5 Å². The summed E-state index contributed by atoms with van der Waals surface area (Å²) in [5.74, 6) is 0. The summed E-state index contributed by atoms with van der Waals surface area (Å²) in [5, 5.41) is 25.5. The Hall–Kier alpha value is -1.72. The first-order valence-electron chi connectivity index (χ1n) is 8.31. The zero-order valence-corrected chi connectivity index (χ0v) is 15.0. The number of benzene rings is 2. The van der Waals surface area contributed by atoms with Crippen molar-refractivity contribution < 1.29 is 10.2 Å². The molecule has 0 spiro atoms. The summed E-state index contributed by atoms with van der Waals surface area (Å²) in [6, 6.07) is 19.5. The van der Waals surface area contributed by atoms with E-state index in [-0.39, 0.29) is 12.1 Å². The minimum absolute atomic E-state index is 0.0902. The quantitative estimate of drug-likeness (QED) is 0.657. The highest BCUT2D eigenvalue weighted by molar-refractivity contribution is 5.19. The molecule has 2 rings (SSSR count). The van der Waals surface area contributed by atoms with E-state index in [2.05, 4.69) is 10.6 Å². The molecule has 0 bridgehead atoms. The maximum absolute atomic E-state index is 9.73. The van der Waals surface area contributed by atoms with Crippen molar-refractivity contribution in [1.29, 1.82) is 0 Å². The molecule has 0 unspecified atom stereocenters. The Balaban J connectivity index is 0.000000240. The number of hydrogen-bond donors (Lipinski definition) is 4. The molecular formula is C20H30N2O2. The van der Waals surface area contributed by atoms with E-state index in [9.17, 15) is 10.2 Å². The molecule has 2 aromatic carbocycles. The van der Waals surface area contributed by atoms with Crippen molar-refractivity contribution >= 4 is 0 Å². The van der Waals surface area contributed by atoms with Gasteiger partial charge < -0.3 is 20.8 Å². The Bertz CT molecular complexity index is 497. The van der Waals surface area contributed by atoms with E-state index in [0.29, 0.717) is 0 Å². The molecule has 4 nitrogen and oxygen atoms in total. The number of aliphatic hydroxyl groups is 2. The minimum Gasteiger partial charge on any atom is -0.387 e. The van der Waals surface area contributed by atoms with Crippen molar-refractivity contribution in [3.63, 3.8) is 0 Å². The molecule has 4 N–H and O–H groups in total. The molecule has 0 amide bonds. The number of rotatable bonds is 6. The molecule has 0 saturated heterocycles. The van der Waals surface area contributed by atoms with Gasteiger partial charge in [-0.05, 0) is 39.1 Å². The monoisotopic (exact) mass is 330 g/mol. The van der Waals surface area contributed by atoms with E-state index < -0.39 is 12.2 Å². The lowest BCUT2D eigenvalue weighted by Crippen LogP contribution is -2.28. The lowest BCUT2D eigenvalue weighted by molar-refractivity contribution is 0.140. The van der Waals surface area contributed by atoms with Crippen LogP contribution in [0.15, 0.2) is 60.7 Å². The molecule has 0 heterocycles. The van der Waals surface area contributed by atoms with Crippen LogP contribution in [0.25, 0.3) is 0 Å². The molecule has 0 aliphatic heterocycles. The van der Waals surface area contributed by atoms with Gasteiger partial charge in [-0.1, -0.05) is 60.7 Å². The highest BCUT2D eigenvalue weighted by Crippen LogP contribution is 2.16. The molecule has 4 atom stereocenters. The molecule has 0 radical (unpaired) electrons. The second-order valence-electron chi connectivity index (χ2n) is 5.87. The van der Waals surface area contributed by atoms with Crippen LogP contribution in [-0.4, -0.2) is 36.4 Å². The highest BCUT2D eigenvalue weighted by Gasteiger charge is 2.13. The molecular weight excluding hydrogens is 300 g/mol. The first kappa shape index (κ1) is 20.3. The van der Waals surface area contributed by atoms with Crippen LogP contribution in [0.1, 0.15) is 37.2 Å². The Kier molecular flexibility index (Phi) is 9.27.